The van der Waals surface area contributed by atoms with E-state index in [1.807, 2.05) is 0 Å². The van der Waals surface area contributed by atoms with E-state index in [-0.39, 0.29) is 24.0 Å². The van der Waals surface area contributed by atoms with Crippen LogP contribution >= 0.6 is 11.8 Å². The van der Waals surface area contributed by atoms with Crippen LogP contribution in [0.4, 0.5) is 4.79 Å². The number of nitrogens with zero attached hydrogens (tertiary/aromatic N) is 2. The van der Waals surface area contributed by atoms with Gasteiger partial charge in [0.1, 0.15) is 18.1 Å². The van der Waals surface area contributed by atoms with Gasteiger partial charge >= 0.3 is 5.97 Å². The van der Waals surface area contributed by atoms with Crippen LogP contribution in [0.5, 0.6) is 0 Å². The average Bonchev–Trinajstić information content (AvgIpc) is 3.40. The standard InChI is InChI=1S/C24H24N2O6S/c1-2-31-23(29)17-8-6-7-16(13-17)19-10-9-18(32-19)14-20-22(28)26(24(30)33-20)15-21(27)25-11-4-3-5-12-25/h6-10,13-14H,2-5,11-12,15H2,1H3/b20-14-. The monoisotopic (exact) mass is 468 g/mol. The maximum Gasteiger partial charge on any atom is 0.338 e. The molecule has 4 rings (SSSR count). The van der Waals surface area contributed by atoms with Gasteiger partial charge in [-0.3, -0.25) is 19.3 Å². The first-order chi connectivity index (χ1) is 16.0. The summed E-state index contributed by atoms with van der Waals surface area (Å²) in [5.41, 5.74) is 1.09. The lowest BCUT2D eigenvalue weighted by Crippen LogP contribution is -2.44. The molecule has 0 aliphatic carbocycles. The minimum Gasteiger partial charge on any atom is -0.462 e. The van der Waals surface area contributed by atoms with Crippen molar-refractivity contribution in [3.63, 3.8) is 0 Å². The minimum absolute atomic E-state index is 0.201. The number of piperidine rings is 1. The highest BCUT2D eigenvalue weighted by atomic mass is 32.2. The third kappa shape index (κ3) is 5.19. The number of esters is 1. The first-order valence-corrected chi connectivity index (χ1v) is 11.7. The molecule has 1 aromatic heterocycles. The number of thioether (sulfide) groups is 1. The quantitative estimate of drug-likeness (QED) is 0.464. The maximum atomic E-state index is 12.7. The molecular formula is C24H24N2O6S. The molecule has 3 heterocycles. The molecule has 9 heteroatoms. The van der Waals surface area contributed by atoms with Crippen LogP contribution in [0, 0.1) is 0 Å². The molecule has 0 N–H and O–H groups in total. The summed E-state index contributed by atoms with van der Waals surface area (Å²) in [5, 5.41) is -0.467. The van der Waals surface area contributed by atoms with E-state index in [2.05, 4.69) is 0 Å². The summed E-state index contributed by atoms with van der Waals surface area (Å²) in [6.45, 7) is 3.11. The SMILES string of the molecule is CCOC(=O)c1cccc(-c2ccc(/C=C3\SC(=O)N(CC(=O)N4CCCCC4)C3=O)o2)c1. The van der Waals surface area contributed by atoms with Gasteiger partial charge in [-0.15, -0.1) is 0 Å². The number of carbonyl (C=O) groups excluding carboxylic acids is 4. The lowest BCUT2D eigenvalue weighted by Gasteiger charge is -2.27. The molecule has 2 aliphatic rings. The van der Waals surface area contributed by atoms with Crippen LogP contribution in [-0.4, -0.2) is 59.1 Å². The highest BCUT2D eigenvalue weighted by Crippen LogP contribution is 2.33. The predicted molar refractivity (Wildman–Crippen MR) is 123 cm³/mol. The number of ether oxygens (including phenoxy) is 1. The molecule has 2 saturated heterocycles. The Hall–Kier alpha value is -3.33. The first kappa shape index (κ1) is 22.8. The Morgan fingerprint density at radius 3 is 2.67 bits per heavy atom. The second kappa shape index (κ2) is 10.1. The topological polar surface area (TPSA) is 97.1 Å². The van der Waals surface area contributed by atoms with E-state index in [1.54, 1.807) is 48.2 Å². The van der Waals surface area contributed by atoms with Crippen molar-refractivity contribution in [3.8, 4) is 11.3 Å². The van der Waals surface area contributed by atoms with Gasteiger partial charge in [0, 0.05) is 24.7 Å². The Balaban J connectivity index is 1.46. The molecule has 8 nitrogen and oxygen atoms in total. The Morgan fingerprint density at radius 2 is 1.91 bits per heavy atom. The maximum absolute atomic E-state index is 12.7. The number of carbonyl (C=O) groups is 4. The lowest BCUT2D eigenvalue weighted by atomic mass is 10.1. The summed E-state index contributed by atoms with van der Waals surface area (Å²) in [6, 6.07) is 10.3. The predicted octanol–water partition coefficient (Wildman–Crippen LogP) is 4.17. The molecule has 0 atom stereocenters. The fourth-order valence-corrected chi connectivity index (χ4v) is 4.56. The second-order valence-electron chi connectivity index (χ2n) is 7.71. The smallest absolute Gasteiger partial charge is 0.338 e. The van der Waals surface area contributed by atoms with E-state index in [4.69, 9.17) is 9.15 Å². The molecule has 2 aliphatic heterocycles. The Kier molecular flexibility index (Phi) is 6.98. The highest BCUT2D eigenvalue weighted by molar-refractivity contribution is 8.18. The average molecular weight is 469 g/mol. The van der Waals surface area contributed by atoms with Crippen molar-refractivity contribution in [1.82, 2.24) is 9.80 Å². The largest absolute Gasteiger partial charge is 0.462 e. The molecule has 1 aromatic carbocycles. The van der Waals surface area contributed by atoms with E-state index in [9.17, 15) is 19.2 Å². The number of hydrogen-bond acceptors (Lipinski definition) is 7. The van der Waals surface area contributed by atoms with Gasteiger partial charge in [-0.05, 0) is 62.2 Å². The number of furan rings is 1. The summed E-state index contributed by atoms with van der Waals surface area (Å²) in [6.07, 6.45) is 4.47. The van der Waals surface area contributed by atoms with E-state index >= 15 is 0 Å². The van der Waals surface area contributed by atoms with Crippen molar-refractivity contribution in [2.24, 2.45) is 0 Å². The van der Waals surface area contributed by atoms with Crippen molar-refractivity contribution < 1.29 is 28.3 Å². The van der Waals surface area contributed by atoms with Crippen LogP contribution in [-0.2, 0) is 14.3 Å². The number of hydrogen-bond donors (Lipinski definition) is 0. The Bertz CT molecular complexity index is 1120. The molecular weight excluding hydrogens is 444 g/mol. The normalized spacial score (nSPS) is 17.7. The molecule has 0 bridgehead atoms. The van der Waals surface area contributed by atoms with Crippen LogP contribution in [0.1, 0.15) is 42.3 Å². The number of likely N-dealkylation sites (tertiary alicyclic amines) is 1. The van der Waals surface area contributed by atoms with Crippen LogP contribution in [0.25, 0.3) is 17.4 Å². The molecule has 3 amide bonds. The van der Waals surface area contributed by atoms with E-state index in [0.29, 0.717) is 35.7 Å². The molecule has 2 aromatic rings. The summed E-state index contributed by atoms with van der Waals surface area (Å²) < 4.78 is 10.9. The van der Waals surface area contributed by atoms with Crippen molar-refractivity contribution in [2.75, 3.05) is 26.2 Å². The second-order valence-corrected chi connectivity index (χ2v) is 8.71. The van der Waals surface area contributed by atoms with Gasteiger partial charge in [-0.2, -0.15) is 0 Å². The molecule has 2 fully saturated rings. The zero-order valence-corrected chi connectivity index (χ0v) is 19.1. The molecule has 0 spiro atoms. The Labute approximate surface area is 195 Å². The van der Waals surface area contributed by atoms with Gasteiger partial charge in [0.05, 0.1) is 17.1 Å². The third-order valence-corrected chi connectivity index (χ3v) is 6.34. The lowest BCUT2D eigenvalue weighted by molar-refractivity contribution is -0.136. The summed E-state index contributed by atoms with van der Waals surface area (Å²) in [4.78, 5) is 52.5. The molecule has 0 saturated carbocycles. The van der Waals surface area contributed by atoms with Crippen molar-refractivity contribution in [2.45, 2.75) is 26.2 Å². The fourth-order valence-electron chi connectivity index (χ4n) is 3.74. The van der Waals surface area contributed by atoms with Gasteiger partial charge in [-0.25, -0.2) is 4.79 Å². The van der Waals surface area contributed by atoms with E-state index < -0.39 is 17.1 Å². The molecule has 172 valence electrons. The Morgan fingerprint density at radius 1 is 1.12 bits per heavy atom. The van der Waals surface area contributed by atoms with E-state index in [0.717, 1.165) is 35.9 Å². The van der Waals surface area contributed by atoms with Gasteiger partial charge in [0.15, 0.2) is 0 Å². The van der Waals surface area contributed by atoms with Crippen molar-refractivity contribution in [1.29, 1.82) is 0 Å². The van der Waals surface area contributed by atoms with Crippen molar-refractivity contribution in [3.05, 3.63) is 52.6 Å². The summed E-state index contributed by atoms with van der Waals surface area (Å²) in [5.74, 6) is -0.233. The number of benzene rings is 1. The molecule has 0 radical (unpaired) electrons. The minimum atomic E-state index is -0.502. The zero-order valence-electron chi connectivity index (χ0n) is 18.2. The highest BCUT2D eigenvalue weighted by Gasteiger charge is 2.37. The fraction of sp³-hybridized carbons (Fsp3) is 0.333. The molecule has 0 unspecified atom stereocenters. The van der Waals surface area contributed by atoms with Gasteiger partial charge in [0.2, 0.25) is 5.91 Å². The first-order valence-electron chi connectivity index (χ1n) is 10.9. The van der Waals surface area contributed by atoms with Crippen LogP contribution < -0.4 is 0 Å². The van der Waals surface area contributed by atoms with Crippen LogP contribution in [0.3, 0.4) is 0 Å². The number of rotatable bonds is 6. The zero-order chi connectivity index (χ0) is 23.4. The van der Waals surface area contributed by atoms with Gasteiger partial charge in [-0.1, -0.05) is 12.1 Å². The summed E-state index contributed by atoms with van der Waals surface area (Å²) in [7, 11) is 0. The van der Waals surface area contributed by atoms with Gasteiger partial charge < -0.3 is 14.1 Å². The number of amides is 3. The summed E-state index contributed by atoms with van der Waals surface area (Å²) >= 11 is 0.789. The number of imide groups is 1. The van der Waals surface area contributed by atoms with Crippen molar-refractivity contribution >= 4 is 40.9 Å². The third-order valence-electron chi connectivity index (χ3n) is 5.43. The van der Waals surface area contributed by atoms with Crippen LogP contribution in [0.2, 0.25) is 0 Å². The van der Waals surface area contributed by atoms with Gasteiger partial charge in [0.25, 0.3) is 11.1 Å². The molecule has 33 heavy (non-hydrogen) atoms. The van der Waals surface area contributed by atoms with Crippen LogP contribution in [0.15, 0.2) is 45.7 Å². The van der Waals surface area contributed by atoms with E-state index in [1.165, 1.54) is 6.08 Å².